The molecule has 0 aliphatic heterocycles. The van der Waals surface area contributed by atoms with Gasteiger partial charge in [0.15, 0.2) is 0 Å². The third kappa shape index (κ3) is 5.80. The van der Waals surface area contributed by atoms with Crippen molar-refractivity contribution in [3.63, 3.8) is 0 Å². The highest BCUT2D eigenvalue weighted by Gasteiger charge is 2.19. The number of amides is 1. The van der Waals surface area contributed by atoms with E-state index in [2.05, 4.69) is 0 Å². The molecule has 0 aliphatic carbocycles. The zero-order chi connectivity index (χ0) is 10.5. The summed E-state index contributed by atoms with van der Waals surface area (Å²) in [5.74, 6) is -0.137. The molecule has 0 aromatic rings. The number of hydrogen-bond donors (Lipinski definition) is 2. The average Bonchev–Trinajstić information content (AvgIpc) is 2.00. The first-order chi connectivity index (χ1) is 5.90. The summed E-state index contributed by atoms with van der Waals surface area (Å²) >= 11 is 0. The fourth-order valence-corrected chi connectivity index (χ4v) is 1.90. The average molecular weight is 208 g/mol. The largest absolute Gasteiger partial charge is 0.343 e. The van der Waals surface area contributed by atoms with Crippen LogP contribution < -0.4 is 5.73 Å². The predicted octanol–water partition coefficient (Wildman–Crippen LogP) is 0.0414. The molecule has 0 rings (SSSR count). The molecule has 1 atom stereocenters. The van der Waals surface area contributed by atoms with Gasteiger partial charge in [-0.05, 0) is 0 Å². The summed E-state index contributed by atoms with van der Waals surface area (Å²) in [6.45, 7) is 3.60. The van der Waals surface area contributed by atoms with Crippen molar-refractivity contribution in [3.8, 4) is 0 Å². The molecule has 0 fully saturated rings. The minimum Gasteiger partial charge on any atom is -0.343 e. The van der Waals surface area contributed by atoms with Gasteiger partial charge >= 0.3 is 0 Å². The second-order valence-electron chi connectivity index (χ2n) is 2.99. The molecule has 0 saturated heterocycles. The van der Waals surface area contributed by atoms with Gasteiger partial charge in [-0.1, -0.05) is 6.92 Å². The van der Waals surface area contributed by atoms with Crippen molar-refractivity contribution in [2.75, 3.05) is 26.0 Å². The maximum Gasteiger partial charge on any atom is 0.222 e. The highest BCUT2D eigenvalue weighted by molar-refractivity contribution is 7.57. The Morgan fingerprint density at radius 1 is 1.62 bits per heavy atom. The third-order valence-corrected chi connectivity index (χ3v) is 2.35. The topological polar surface area (TPSA) is 83.6 Å². The molecule has 0 aromatic carbocycles. The van der Waals surface area contributed by atoms with E-state index in [1.165, 1.54) is 11.6 Å². The highest BCUT2D eigenvalue weighted by atomic mass is 31.2. The molecule has 0 aliphatic rings. The van der Waals surface area contributed by atoms with Gasteiger partial charge in [0.1, 0.15) is 0 Å². The zero-order valence-corrected chi connectivity index (χ0v) is 8.96. The smallest absolute Gasteiger partial charge is 0.222 e. The quantitative estimate of drug-likeness (QED) is 0.625. The Kier molecular flexibility index (Phi) is 5.21. The van der Waals surface area contributed by atoms with Crippen LogP contribution in [0.15, 0.2) is 0 Å². The molecule has 1 amide bonds. The maximum absolute atomic E-state index is 11.2. The van der Waals surface area contributed by atoms with Crippen LogP contribution in [0.25, 0.3) is 0 Å². The lowest BCUT2D eigenvalue weighted by Crippen LogP contribution is -2.35. The molecular formula is C7H17N2O3P. The van der Waals surface area contributed by atoms with Gasteiger partial charge < -0.3 is 15.5 Å². The molecule has 0 heterocycles. The van der Waals surface area contributed by atoms with Crippen LogP contribution in [0, 0.1) is 0 Å². The van der Waals surface area contributed by atoms with Crippen molar-refractivity contribution >= 4 is 13.3 Å². The van der Waals surface area contributed by atoms with Crippen LogP contribution in [0.3, 0.4) is 0 Å². The molecule has 6 heteroatoms. The lowest BCUT2D eigenvalue weighted by atomic mass is 10.4. The van der Waals surface area contributed by atoms with Gasteiger partial charge in [0.05, 0.1) is 6.29 Å². The number of nitrogens with two attached hydrogens (primary N) is 1. The summed E-state index contributed by atoms with van der Waals surface area (Å²) in [5.41, 5.74) is 5.28. The molecule has 3 N–H and O–H groups in total. The van der Waals surface area contributed by atoms with E-state index in [-0.39, 0.29) is 12.2 Å². The van der Waals surface area contributed by atoms with Gasteiger partial charge in [-0.3, -0.25) is 9.36 Å². The van der Waals surface area contributed by atoms with E-state index in [9.17, 15) is 9.36 Å². The van der Waals surface area contributed by atoms with Crippen molar-refractivity contribution in [1.29, 1.82) is 0 Å². The second-order valence-corrected chi connectivity index (χ2v) is 5.38. The molecule has 0 spiro atoms. The molecule has 5 nitrogen and oxygen atoms in total. The lowest BCUT2D eigenvalue weighted by molar-refractivity contribution is -0.130. The van der Waals surface area contributed by atoms with E-state index in [4.69, 9.17) is 10.6 Å². The number of carbonyl (C=O) groups excluding carboxylic acids is 1. The van der Waals surface area contributed by atoms with Gasteiger partial charge in [-0.2, -0.15) is 0 Å². The van der Waals surface area contributed by atoms with Gasteiger partial charge in [-0.25, -0.2) is 0 Å². The Hall–Kier alpha value is -0.380. The summed E-state index contributed by atoms with van der Waals surface area (Å²) in [4.78, 5) is 21.6. The first kappa shape index (κ1) is 12.6. The van der Waals surface area contributed by atoms with Crippen molar-refractivity contribution in [3.05, 3.63) is 0 Å². The van der Waals surface area contributed by atoms with Gasteiger partial charge in [0.2, 0.25) is 13.3 Å². The molecule has 0 aromatic heterocycles. The fourth-order valence-electron chi connectivity index (χ4n) is 0.970. The normalized spacial score (nSPS) is 15.1. The number of nitrogens with zero attached hydrogens (tertiary/aromatic N) is 1. The van der Waals surface area contributed by atoms with Crippen LogP contribution in [0.5, 0.6) is 0 Å². The zero-order valence-electron chi connectivity index (χ0n) is 8.06. The van der Waals surface area contributed by atoms with E-state index < -0.39 is 7.37 Å². The monoisotopic (exact) mass is 208 g/mol. The first-order valence-electron chi connectivity index (χ1n) is 4.18. The van der Waals surface area contributed by atoms with Crippen LogP contribution in [-0.4, -0.2) is 41.7 Å². The van der Waals surface area contributed by atoms with Crippen LogP contribution >= 0.6 is 7.37 Å². The molecule has 0 radical (unpaired) electrons. The Bertz CT molecular complexity index is 214. The standard InChI is InChI=1S/C7H17N2O3P/c1-3-7(10)9(5-4-8)6-13(2,11)12/h3-6,8H2,1-2H3,(H,11,12). The highest BCUT2D eigenvalue weighted by Crippen LogP contribution is 2.35. The number of hydrogen-bond acceptors (Lipinski definition) is 3. The maximum atomic E-state index is 11.2. The summed E-state index contributed by atoms with van der Waals surface area (Å²) in [5, 5.41) is 0. The Morgan fingerprint density at radius 3 is 2.46 bits per heavy atom. The van der Waals surface area contributed by atoms with E-state index in [0.717, 1.165) is 0 Å². The van der Waals surface area contributed by atoms with Crippen molar-refractivity contribution in [2.24, 2.45) is 5.73 Å². The molecule has 13 heavy (non-hydrogen) atoms. The first-order valence-corrected chi connectivity index (χ1v) is 6.47. The van der Waals surface area contributed by atoms with E-state index >= 15 is 0 Å². The molecule has 1 unspecified atom stereocenters. The number of carbonyl (C=O) groups is 1. The third-order valence-electron chi connectivity index (χ3n) is 1.49. The molecule has 0 bridgehead atoms. The summed E-state index contributed by atoms with van der Waals surface area (Å²) < 4.78 is 11.0. The Balaban J connectivity index is 4.26. The summed E-state index contributed by atoms with van der Waals surface area (Å²) in [6, 6.07) is 0. The molecular weight excluding hydrogens is 191 g/mol. The minimum atomic E-state index is -3.17. The fraction of sp³-hybridized carbons (Fsp3) is 0.857. The number of rotatable bonds is 5. The lowest BCUT2D eigenvalue weighted by Gasteiger charge is -2.22. The Morgan fingerprint density at radius 2 is 2.15 bits per heavy atom. The van der Waals surface area contributed by atoms with Crippen molar-refractivity contribution < 1.29 is 14.3 Å². The van der Waals surface area contributed by atoms with Crippen LogP contribution in [0.2, 0.25) is 0 Å². The second kappa shape index (κ2) is 5.37. The van der Waals surface area contributed by atoms with Crippen LogP contribution in [0.4, 0.5) is 0 Å². The van der Waals surface area contributed by atoms with Gasteiger partial charge in [0.25, 0.3) is 0 Å². The van der Waals surface area contributed by atoms with Crippen LogP contribution in [-0.2, 0) is 9.36 Å². The SMILES string of the molecule is CCC(=O)N(CCN)CP(C)(=O)O. The van der Waals surface area contributed by atoms with Crippen LogP contribution in [0.1, 0.15) is 13.3 Å². The van der Waals surface area contributed by atoms with Gasteiger partial charge in [-0.15, -0.1) is 0 Å². The summed E-state index contributed by atoms with van der Waals surface area (Å²) in [7, 11) is -3.17. The molecule has 78 valence electrons. The van der Waals surface area contributed by atoms with Crippen molar-refractivity contribution in [2.45, 2.75) is 13.3 Å². The summed E-state index contributed by atoms with van der Waals surface area (Å²) in [6.07, 6.45) is 0.233. The van der Waals surface area contributed by atoms with E-state index in [1.54, 1.807) is 6.92 Å². The van der Waals surface area contributed by atoms with E-state index in [0.29, 0.717) is 19.5 Å². The van der Waals surface area contributed by atoms with E-state index in [1.807, 2.05) is 0 Å². The van der Waals surface area contributed by atoms with Crippen molar-refractivity contribution in [1.82, 2.24) is 4.90 Å². The molecule has 0 saturated carbocycles. The van der Waals surface area contributed by atoms with Gasteiger partial charge in [0, 0.05) is 26.2 Å². The minimum absolute atomic E-state index is 0.100. The Labute approximate surface area is 78.4 Å². The predicted molar refractivity (Wildman–Crippen MR) is 51.7 cm³/mol.